The maximum absolute atomic E-state index is 13.2. The van der Waals surface area contributed by atoms with Gasteiger partial charge in [-0.1, -0.05) is 83.3 Å². The molecular weight excluding hydrogens is 761 g/mol. The van der Waals surface area contributed by atoms with Crippen LogP contribution in [0.25, 0.3) is 0 Å². The topological polar surface area (TPSA) is 154 Å². The summed E-state index contributed by atoms with van der Waals surface area (Å²) in [5.41, 5.74) is 2.15. The molecule has 0 aliphatic rings. The number of benzene rings is 2. The van der Waals surface area contributed by atoms with E-state index in [1.165, 1.54) is 11.3 Å². The van der Waals surface area contributed by atoms with E-state index in [4.69, 9.17) is 18.9 Å². The van der Waals surface area contributed by atoms with E-state index >= 15 is 0 Å². The molecule has 55 heavy (non-hydrogen) atoms. The molecule has 0 atom stereocenters. The number of anilines is 2. The van der Waals surface area contributed by atoms with Gasteiger partial charge in [0, 0.05) is 35.3 Å². The summed E-state index contributed by atoms with van der Waals surface area (Å²) in [7, 11) is 0. The molecule has 5 rings (SSSR count). The number of nitrogens with one attached hydrogen (secondary N) is 2. The Balaban J connectivity index is 1.46. The van der Waals surface area contributed by atoms with Crippen LogP contribution in [0.4, 0.5) is 20.0 Å². The molecule has 0 aliphatic heterocycles. The van der Waals surface area contributed by atoms with Gasteiger partial charge in [-0.2, -0.15) is 0 Å². The summed E-state index contributed by atoms with van der Waals surface area (Å²) >= 11 is 3.65. The first-order valence-electron chi connectivity index (χ1n) is 17.5. The largest absolute Gasteiger partial charge is 0.462 e. The zero-order valence-corrected chi connectivity index (χ0v) is 33.2. The number of aliphatic imine (C=N–C) groups is 2. The van der Waals surface area contributed by atoms with Crippen LogP contribution in [0.2, 0.25) is 0 Å². The van der Waals surface area contributed by atoms with Crippen LogP contribution in [0.5, 0.6) is 0 Å². The van der Waals surface area contributed by atoms with Gasteiger partial charge in [0.05, 0.1) is 26.4 Å². The summed E-state index contributed by atoms with van der Waals surface area (Å²) in [4.78, 5) is 63.6. The molecule has 0 radical (unpaired) electrons. The summed E-state index contributed by atoms with van der Waals surface area (Å²) in [6, 6.07) is 22.9. The molecule has 3 heterocycles. The number of thiophene rings is 3. The highest BCUT2D eigenvalue weighted by molar-refractivity contribution is 7.21. The lowest BCUT2D eigenvalue weighted by Gasteiger charge is -2.09. The van der Waals surface area contributed by atoms with E-state index in [0.29, 0.717) is 23.1 Å². The minimum atomic E-state index is -0.686. The van der Waals surface area contributed by atoms with Gasteiger partial charge in [0.25, 0.3) is 0 Å². The maximum atomic E-state index is 13.2. The van der Waals surface area contributed by atoms with Crippen molar-refractivity contribution in [1.82, 2.24) is 0 Å². The zero-order valence-electron chi connectivity index (χ0n) is 30.7. The first kappa shape index (κ1) is 40.5. The van der Waals surface area contributed by atoms with Gasteiger partial charge in [-0.25, -0.2) is 29.2 Å². The third-order valence-corrected chi connectivity index (χ3v) is 10.6. The van der Waals surface area contributed by atoms with Crippen molar-refractivity contribution in [1.29, 1.82) is 0 Å². The molecular formula is C40H40N4O8S3. The Bertz CT molecular complexity index is 2010. The summed E-state index contributed by atoms with van der Waals surface area (Å²) in [5, 5.41) is 7.97. The Morgan fingerprint density at radius 1 is 0.509 bits per heavy atom. The van der Waals surface area contributed by atoms with E-state index in [-0.39, 0.29) is 58.7 Å². The Labute approximate surface area is 330 Å². The van der Waals surface area contributed by atoms with E-state index in [1.54, 1.807) is 40.1 Å². The third kappa shape index (κ3) is 10.5. The van der Waals surface area contributed by atoms with Crippen molar-refractivity contribution in [3.05, 3.63) is 116 Å². The molecule has 0 fully saturated rings. The number of rotatable bonds is 18. The fraction of sp³-hybridized carbons (Fsp3) is 0.250. The van der Waals surface area contributed by atoms with Crippen molar-refractivity contribution < 1.29 is 38.1 Å². The monoisotopic (exact) mass is 800 g/mol. The molecule has 0 spiro atoms. The molecule has 3 aromatic heterocycles. The van der Waals surface area contributed by atoms with Crippen LogP contribution in [-0.2, 0) is 32.0 Å². The lowest BCUT2D eigenvalue weighted by Crippen LogP contribution is -2.14. The number of hydrogen-bond acceptors (Lipinski definition) is 15. The minimum absolute atomic E-state index is 0.0220. The molecule has 15 heteroatoms. The lowest BCUT2D eigenvalue weighted by atomic mass is 10.1. The molecule has 286 valence electrons. The smallest absolute Gasteiger partial charge is 0.342 e. The molecule has 2 aromatic carbocycles. The molecule has 0 saturated heterocycles. The average Bonchev–Trinajstić information content (AvgIpc) is 3.91. The molecule has 0 saturated carbocycles. The van der Waals surface area contributed by atoms with Crippen LogP contribution in [-0.4, -0.2) is 62.7 Å². The van der Waals surface area contributed by atoms with Crippen LogP contribution in [0.15, 0.2) is 82.8 Å². The van der Waals surface area contributed by atoms with Crippen molar-refractivity contribution in [2.75, 3.05) is 37.1 Å². The van der Waals surface area contributed by atoms with Crippen LogP contribution in [0.1, 0.15) is 90.0 Å². The average molecular weight is 801 g/mol. The Morgan fingerprint density at radius 3 is 1.20 bits per heavy atom. The second-order valence-corrected chi connectivity index (χ2v) is 14.4. The molecule has 5 aromatic rings. The fourth-order valence-electron chi connectivity index (χ4n) is 5.16. The molecule has 12 nitrogen and oxygen atoms in total. The van der Waals surface area contributed by atoms with Crippen molar-refractivity contribution in [2.45, 2.75) is 40.8 Å². The van der Waals surface area contributed by atoms with Crippen LogP contribution >= 0.6 is 34.0 Å². The normalized spacial score (nSPS) is 11.1. The van der Waals surface area contributed by atoms with Crippen molar-refractivity contribution >= 4 is 90.3 Å². The van der Waals surface area contributed by atoms with Gasteiger partial charge < -0.3 is 29.6 Å². The van der Waals surface area contributed by atoms with Crippen LogP contribution in [0.3, 0.4) is 0 Å². The standard InChI is InChI=1S/C40H40N4O8S3/c1-5-49-37(45)29-31(39(47)51-7-3)35(54-33(29)41-21-25-15-11-9-12-16-25)43-23-27-19-20-28(53-27)24-44-36-32(40(48)52-8-4)30(38(46)50-6-2)34(55-36)42-22-26-17-13-10-14-18-26/h9-20,23-24,41-42H,5-8,21-22H2,1-4H3/b43-23+,44-24+. The second kappa shape index (κ2) is 20.2. The maximum Gasteiger partial charge on any atom is 0.342 e. The van der Waals surface area contributed by atoms with Gasteiger partial charge in [0.1, 0.15) is 42.3 Å². The minimum Gasteiger partial charge on any atom is -0.462 e. The van der Waals surface area contributed by atoms with Crippen LogP contribution < -0.4 is 10.6 Å². The van der Waals surface area contributed by atoms with E-state index in [0.717, 1.165) is 43.6 Å². The summed E-state index contributed by atoms with van der Waals surface area (Å²) < 4.78 is 21.3. The van der Waals surface area contributed by atoms with Gasteiger partial charge >= 0.3 is 23.9 Å². The van der Waals surface area contributed by atoms with Crippen molar-refractivity contribution in [3.63, 3.8) is 0 Å². The number of carbonyl (C=O) groups is 4. The Hall–Kier alpha value is -5.64. The molecule has 0 bridgehead atoms. The van der Waals surface area contributed by atoms with E-state index in [1.807, 2.05) is 72.8 Å². The Morgan fingerprint density at radius 2 is 0.855 bits per heavy atom. The van der Waals surface area contributed by atoms with Gasteiger partial charge in [-0.15, -0.1) is 11.3 Å². The van der Waals surface area contributed by atoms with E-state index < -0.39 is 23.9 Å². The van der Waals surface area contributed by atoms with Gasteiger partial charge in [-0.3, -0.25) is 0 Å². The zero-order chi connectivity index (χ0) is 39.2. The molecule has 2 N–H and O–H groups in total. The third-order valence-electron chi connectivity index (χ3n) is 7.55. The van der Waals surface area contributed by atoms with Crippen LogP contribution in [0, 0.1) is 0 Å². The predicted molar refractivity (Wildman–Crippen MR) is 219 cm³/mol. The first-order chi connectivity index (χ1) is 26.8. The SMILES string of the molecule is CCOC(=O)c1c(/N=C/c2ccc(/C=N/c3sc(NCc4ccccc4)c(C(=O)OCC)c3C(=O)OCC)s2)sc(NCc2ccccc2)c1C(=O)OCC. The summed E-state index contributed by atoms with van der Waals surface area (Å²) in [6.45, 7) is 8.02. The Kier molecular flexibility index (Phi) is 14.9. The highest BCUT2D eigenvalue weighted by Gasteiger charge is 2.32. The quantitative estimate of drug-likeness (QED) is 0.0498. The molecule has 0 amide bonds. The first-order valence-corrected chi connectivity index (χ1v) is 20.0. The fourth-order valence-corrected chi connectivity index (χ4v) is 7.95. The summed E-state index contributed by atoms with van der Waals surface area (Å²) in [5.74, 6) is -2.69. The second-order valence-electron chi connectivity index (χ2n) is 11.3. The predicted octanol–water partition coefficient (Wildman–Crippen LogP) is 9.30. The molecule has 0 aliphatic carbocycles. The van der Waals surface area contributed by atoms with Crippen molar-refractivity contribution in [3.8, 4) is 0 Å². The number of esters is 4. The van der Waals surface area contributed by atoms with E-state index in [2.05, 4.69) is 20.6 Å². The van der Waals surface area contributed by atoms with Gasteiger partial charge in [-0.05, 0) is 51.0 Å². The number of ether oxygens (including phenoxy) is 4. The van der Waals surface area contributed by atoms with Gasteiger partial charge in [0.2, 0.25) is 0 Å². The van der Waals surface area contributed by atoms with Gasteiger partial charge in [0.15, 0.2) is 0 Å². The van der Waals surface area contributed by atoms with E-state index in [9.17, 15) is 19.2 Å². The molecule has 0 unspecified atom stereocenters. The van der Waals surface area contributed by atoms with Crippen molar-refractivity contribution in [2.24, 2.45) is 9.98 Å². The number of carbonyl (C=O) groups excluding carboxylic acids is 4. The lowest BCUT2D eigenvalue weighted by molar-refractivity contribution is 0.0481. The summed E-state index contributed by atoms with van der Waals surface area (Å²) in [6.07, 6.45) is 3.18. The number of nitrogens with zero attached hydrogens (tertiary/aromatic N) is 2. The highest BCUT2D eigenvalue weighted by atomic mass is 32.1. The number of hydrogen-bond donors (Lipinski definition) is 2. The highest BCUT2D eigenvalue weighted by Crippen LogP contribution is 2.42.